The zero-order valence-corrected chi connectivity index (χ0v) is 19.2. The minimum absolute atomic E-state index is 0.0369. The molecule has 0 unspecified atom stereocenters. The molecule has 1 aromatic heterocycles. The molecule has 2 aromatic carbocycles. The molecule has 33 heavy (non-hydrogen) atoms. The molecule has 9 nitrogen and oxygen atoms in total. The van der Waals surface area contributed by atoms with E-state index in [2.05, 4.69) is 26.5 Å². The summed E-state index contributed by atoms with van der Waals surface area (Å²) in [7, 11) is 0. The lowest BCUT2D eigenvalue weighted by atomic mass is 10.2. The third-order valence-electron chi connectivity index (χ3n) is 4.10. The zero-order valence-electron chi connectivity index (χ0n) is 17.6. The van der Waals surface area contributed by atoms with Crippen molar-refractivity contribution in [3.63, 3.8) is 0 Å². The number of carboxylic acids is 1. The highest BCUT2D eigenvalue weighted by Gasteiger charge is 2.11. The Labute approximate surface area is 198 Å². The maximum Gasteiger partial charge on any atom is 0.371 e. The molecule has 1 heterocycles. The summed E-state index contributed by atoms with van der Waals surface area (Å²) in [6.45, 7) is 2.11. The number of hydrogen-bond donors (Lipinski definition) is 2. The number of carboxylic acid groups (broad SMARTS) is 1. The van der Waals surface area contributed by atoms with Gasteiger partial charge in [-0.2, -0.15) is 5.10 Å². The maximum absolute atomic E-state index is 11.9. The lowest BCUT2D eigenvalue weighted by Gasteiger charge is -2.11. The second kappa shape index (κ2) is 11.7. The highest BCUT2D eigenvalue weighted by atomic mass is 79.9. The highest BCUT2D eigenvalue weighted by molar-refractivity contribution is 9.10. The summed E-state index contributed by atoms with van der Waals surface area (Å²) in [6, 6.07) is 15.1. The summed E-state index contributed by atoms with van der Waals surface area (Å²) in [6.07, 6.45) is 1.47. The number of hydrogen-bond acceptors (Lipinski definition) is 7. The molecular formula is C23H21BrN2O7. The smallest absolute Gasteiger partial charge is 0.371 e. The first-order chi connectivity index (χ1) is 15.9. The number of carbonyl (C=O) groups excluding carboxylic acids is 1. The van der Waals surface area contributed by atoms with Crippen LogP contribution in [0.15, 0.2) is 68.6 Å². The van der Waals surface area contributed by atoms with Crippen molar-refractivity contribution in [1.82, 2.24) is 5.43 Å². The first-order valence-corrected chi connectivity index (χ1v) is 10.7. The van der Waals surface area contributed by atoms with Crippen molar-refractivity contribution in [1.29, 1.82) is 0 Å². The minimum atomic E-state index is -1.15. The number of benzene rings is 2. The van der Waals surface area contributed by atoms with E-state index < -0.39 is 11.9 Å². The molecule has 1 amide bonds. The molecule has 0 atom stereocenters. The Balaban J connectivity index is 1.54. The predicted molar refractivity (Wildman–Crippen MR) is 123 cm³/mol. The van der Waals surface area contributed by atoms with Crippen molar-refractivity contribution < 1.29 is 33.3 Å². The number of furan rings is 1. The summed E-state index contributed by atoms with van der Waals surface area (Å²) in [5, 5.41) is 12.9. The lowest BCUT2D eigenvalue weighted by molar-refractivity contribution is -0.123. The van der Waals surface area contributed by atoms with Gasteiger partial charge in [0, 0.05) is 4.47 Å². The Morgan fingerprint density at radius 3 is 2.55 bits per heavy atom. The Morgan fingerprint density at radius 2 is 1.85 bits per heavy atom. The van der Waals surface area contributed by atoms with Crippen LogP contribution in [0.1, 0.15) is 28.8 Å². The average molecular weight is 517 g/mol. The van der Waals surface area contributed by atoms with E-state index in [1.165, 1.54) is 18.3 Å². The van der Waals surface area contributed by atoms with Crippen LogP contribution >= 0.6 is 15.9 Å². The van der Waals surface area contributed by atoms with Gasteiger partial charge in [-0.1, -0.05) is 15.9 Å². The minimum Gasteiger partial charge on any atom is -0.490 e. The Morgan fingerprint density at radius 1 is 1.06 bits per heavy atom. The first kappa shape index (κ1) is 23.9. The number of hydrazone groups is 1. The van der Waals surface area contributed by atoms with Crippen LogP contribution in [0.3, 0.4) is 0 Å². The normalized spacial score (nSPS) is 10.7. The lowest BCUT2D eigenvalue weighted by Crippen LogP contribution is -2.24. The van der Waals surface area contributed by atoms with E-state index in [0.29, 0.717) is 35.2 Å². The molecule has 172 valence electrons. The SMILES string of the molecule is CCOc1cc(C=NNC(=O)COc2ccc(Br)cc2)ccc1OCc1ccc(C(=O)O)o1. The van der Waals surface area contributed by atoms with Gasteiger partial charge in [0.25, 0.3) is 5.91 Å². The maximum atomic E-state index is 11.9. The van der Waals surface area contributed by atoms with Crippen molar-refractivity contribution in [2.75, 3.05) is 13.2 Å². The molecule has 0 bridgehead atoms. The van der Waals surface area contributed by atoms with Gasteiger partial charge >= 0.3 is 5.97 Å². The number of aromatic carboxylic acids is 1. The third kappa shape index (κ3) is 7.39. The summed E-state index contributed by atoms with van der Waals surface area (Å²) in [4.78, 5) is 22.8. The van der Waals surface area contributed by atoms with Gasteiger partial charge in [-0.05, 0) is 67.1 Å². The number of rotatable bonds is 11. The van der Waals surface area contributed by atoms with E-state index in [0.717, 1.165) is 4.47 Å². The van der Waals surface area contributed by atoms with Crippen LogP contribution in [0.25, 0.3) is 0 Å². The van der Waals surface area contributed by atoms with Gasteiger partial charge in [0.1, 0.15) is 18.1 Å². The standard InChI is InChI=1S/C23H21BrN2O7/c1-2-30-21-11-15(3-9-19(21)32-13-18-8-10-20(33-18)23(28)29)12-25-26-22(27)14-31-17-6-4-16(24)5-7-17/h3-12H,2,13-14H2,1H3,(H,26,27)(H,28,29). The van der Waals surface area contributed by atoms with Gasteiger partial charge < -0.3 is 23.7 Å². The second-order valence-electron chi connectivity index (χ2n) is 6.53. The Hall–Kier alpha value is -3.79. The molecule has 0 saturated heterocycles. The molecule has 0 aliphatic carbocycles. The molecule has 0 saturated carbocycles. The first-order valence-electron chi connectivity index (χ1n) is 9.86. The van der Waals surface area contributed by atoms with Crippen molar-refractivity contribution in [3.05, 3.63) is 76.2 Å². The van der Waals surface area contributed by atoms with Crippen LogP contribution < -0.4 is 19.6 Å². The second-order valence-corrected chi connectivity index (χ2v) is 7.45. The molecular weight excluding hydrogens is 496 g/mol. The van der Waals surface area contributed by atoms with Gasteiger partial charge in [0.2, 0.25) is 5.76 Å². The number of ether oxygens (including phenoxy) is 3. The number of carbonyl (C=O) groups is 2. The van der Waals surface area contributed by atoms with Gasteiger partial charge in [-0.15, -0.1) is 0 Å². The van der Waals surface area contributed by atoms with Crippen molar-refractivity contribution in [2.45, 2.75) is 13.5 Å². The highest BCUT2D eigenvalue weighted by Crippen LogP contribution is 2.29. The zero-order chi connectivity index (χ0) is 23.6. The summed E-state index contributed by atoms with van der Waals surface area (Å²) in [5.41, 5.74) is 3.07. The van der Waals surface area contributed by atoms with E-state index in [1.807, 2.05) is 19.1 Å². The number of nitrogens with zero attached hydrogens (tertiary/aromatic N) is 1. The van der Waals surface area contributed by atoms with Crippen LogP contribution in [0.5, 0.6) is 17.2 Å². The van der Waals surface area contributed by atoms with Crippen LogP contribution in [0.4, 0.5) is 0 Å². The van der Waals surface area contributed by atoms with Gasteiger partial charge in [-0.3, -0.25) is 4.79 Å². The third-order valence-corrected chi connectivity index (χ3v) is 4.63. The van der Waals surface area contributed by atoms with Crippen molar-refractivity contribution in [3.8, 4) is 17.2 Å². The van der Waals surface area contributed by atoms with Crippen LogP contribution in [0, 0.1) is 0 Å². The van der Waals surface area contributed by atoms with Crippen LogP contribution in [-0.2, 0) is 11.4 Å². The molecule has 2 N–H and O–H groups in total. The number of halogens is 1. The van der Waals surface area contributed by atoms with Crippen LogP contribution in [-0.4, -0.2) is 36.4 Å². The van der Waals surface area contributed by atoms with Gasteiger partial charge in [0.05, 0.1) is 12.8 Å². The van der Waals surface area contributed by atoms with Gasteiger partial charge in [-0.25, -0.2) is 10.2 Å². The molecule has 0 spiro atoms. The molecule has 3 rings (SSSR count). The Bertz CT molecular complexity index is 1130. The fourth-order valence-electron chi connectivity index (χ4n) is 2.60. The van der Waals surface area contributed by atoms with E-state index in [1.54, 1.807) is 30.3 Å². The van der Waals surface area contributed by atoms with Crippen molar-refractivity contribution in [2.24, 2.45) is 5.10 Å². The van der Waals surface area contributed by atoms with E-state index in [-0.39, 0.29) is 19.0 Å². The van der Waals surface area contributed by atoms with Crippen LogP contribution in [0.2, 0.25) is 0 Å². The van der Waals surface area contributed by atoms with Crippen molar-refractivity contribution >= 4 is 34.0 Å². The average Bonchev–Trinajstić information content (AvgIpc) is 3.28. The molecule has 0 radical (unpaired) electrons. The summed E-state index contributed by atoms with van der Waals surface area (Å²) < 4.78 is 22.8. The topological polar surface area (TPSA) is 120 Å². The van der Waals surface area contributed by atoms with E-state index >= 15 is 0 Å². The van der Waals surface area contributed by atoms with Gasteiger partial charge in [0.15, 0.2) is 18.1 Å². The predicted octanol–water partition coefficient (Wildman–Crippen LogP) is 4.25. The monoisotopic (exact) mass is 516 g/mol. The molecule has 10 heteroatoms. The number of nitrogens with one attached hydrogen (secondary N) is 1. The number of amides is 1. The summed E-state index contributed by atoms with van der Waals surface area (Å²) >= 11 is 3.33. The molecule has 3 aromatic rings. The fraction of sp³-hybridized carbons (Fsp3) is 0.174. The largest absolute Gasteiger partial charge is 0.490 e. The van der Waals surface area contributed by atoms with E-state index in [9.17, 15) is 9.59 Å². The van der Waals surface area contributed by atoms with E-state index in [4.69, 9.17) is 23.7 Å². The molecule has 0 aliphatic rings. The summed E-state index contributed by atoms with van der Waals surface area (Å²) in [5.74, 6) is 0.154. The molecule has 0 aliphatic heterocycles. The quantitative estimate of drug-likeness (QED) is 0.288. The molecule has 0 fully saturated rings. The fourth-order valence-corrected chi connectivity index (χ4v) is 2.87. The Kier molecular flexibility index (Phi) is 8.48.